The summed E-state index contributed by atoms with van der Waals surface area (Å²) in [6.07, 6.45) is 0.856. The third kappa shape index (κ3) is 6.30. The Hall–Kier alpha value is -2.82. The third-order valence-corrected chi connectivity index (χ3v) is 3.40. The van der Waals surface area contributed by atoms with E-state index in [4.69, 9.17) is 9.47 Å². The van der Waals surface area contributed by atoms with Gasteiger partial charge < -0.3 is 14.2 Å². The first-order chi connectivity index (χ1) is 12.1. The standard InChI is InChI=1S/C11H14O2.C9H10O3/c1-3-9-7-5-6-8-10(9)11(12)13-4-2;1-11-8-5-3-7(4-6-8)9(10)12-2/h5-8H,3-4H2,1-2H3;3-6H,1-2H3. The molecule has 0 heterocycles. The number of benzene rings is 2. The number of ether oxygens (including phenoxy) is 3. The summed E-state index contributed by atoms with van der Waals surface area (Å²) in [5.74, 6) is 0.167. The fraction of sp³-hybridized carbons (Fsp3) is 0.300. The van der Waals surface area contributed by atoms with Crippen LogP contribution in [-0.4, -0.2) is 32.8 Å². The van der Waals surface area contributed by atoms with Gasteiger partial charge in [-0.15, -0.1) is 0 Å². The molecule has 2 aromatic rings. The Kier molecular flexibility index (Phi) is 8.79. The average molecular weight is 344 g/mol. The van der Waals surface area contributed by atoms with E-state index in [1.54, 1.807) is 37.4 Å². The average Bonchev–Trinajstić information content (AvgIpc) is 2.68. The monoisotopic (exact) mass is 344 g/mol. The van der Waals surface area contributed by atoms with Crippen molar-refractivity contribution < 1.29 is 23.8 Å². The van der Waals surface area contributed by atoms with E-state index >= 15 is 0 Å². The lowest BCUT2D eigenvalue weighted by Gasteiger charge is -2.05. The van der Waals surface area contributed by atoms with Crippen LogP contribution in [0, 0.1) is 0 Å². The molecule has 5 heteroatoms. The van der Waals surface area contributed by atoms with Crippen molar-refractivity contribution in [3.8, 4) is 5.75 Å². The molecular weight excluding hydrogens is 320 g/mol. The highest BCUT2D eigenvalue weighted by molar-refractivity contribution is 5.91. The van der Waals surface area contributed by atoms with Gasteiger partial charge in [0.15, 0.2) is 0 Å². The number of rotatable bonds is 5. The highest BCUT2D eigenvalue weighted by Crippen LogP contribution is 2.12. The van der Waals surface area contributed by atoms with Crippen LogP contribution >= 0.6 is 0 Å². The van der Waals surface area contributed by atoms with Crippen molar-refractivity contribution in [3.05, 3.63) is 65.2 Å². The van der Waals surface area contributed by atoms with E-state index in [0.29, 0.717) is 17.7 Å². The Morgan fingerprint density at radius 2 is 1.52 bits per heavy atom. The minimum absolute atomic E-state index is 0.222. The summed E-state index contributed by atoms with van der Waals surface area (Å²) >= 11 is 0. The van der Waals surface area contributed by atoms with Gasteiger partial charge in [-0.25, -0.2) is 9.59 Å². The molecule has 0 bridgehead atoms. The minimum Gasteiger partial charge on any atom is -0.497 e. The van der Waals surface area contributed by atoms with Gasteiger partial charge in [0, 0.05) is 0 Å². The van der Waals surface area contributed by atoms with Crippen LogP contribution in [0.1, 0.15) is 40.1 Å². The van der Waals surface area contributed by atoms with Crippen LogP contribution in [0.15, 0.2) is 48.5 Å². The fourth-order valence-corrected chi connectivity index (χ4v) is 2.08. The van der Waals surface area contributed by atoms with Crippen molar-refractivity contribution in [2.45, 2.75) is 20.3 Å². The lowest BCUT2D eigenvalue weighted by Crippen LogP contribution is -2.07. The maximum atomic E-state index is 11.4. The van der Waals surface area contributed by atoms with Crippen molar-refractivity contribution >= 4 is 11.9 Å². The van der Waals surface area contributed by atoms with Gasteiger partial charge in [0.25, 0.3) is 0 Å². The van der Waals surface area contributed by atoms with Crippen LogP contribution < -0.4 is 4.74 Å². The molecule has 0 N–H and O–H groups in total. The first kappa shape index (κ1) is 20.2. The van der Waals surface area contributed by atoms with Crippen LogP contribution in [0.25, 0.3) is 0 Å². The first-order valence-corrected chi connectivity index (χ1v) is 8.04. The van der Waals surface area contributed by atoms with Crippen LogP contribution in [-0.2, 0) is 15.9 Å². The zero-order valence-corrected chi connectivity index (χ0v) is 15.1. The van der Waals surface area contributed by atoms with Gasteiger partial charge in [0.2, 0.25) is 0 Å². The van der Waals surface area contributed by atoms with E-state index < -0.39 is 0 Å². The summed E-state index contributed by atoms with van der Waals surface area (Å²) in [5.41, 5.74) is 2.26. The van der Waals surface area contributed by atoms with E-state index in [0.717, 1.165) is 17.7 Å². The van der Waals surface area contributed by atoms with Crippen molar-refractivity contribution in [1.82, 2.24) is 0 Å². The largest absolute Gasteiger partial charge is 0.497 e. The molecule has 5 nitrogen and oxygen atoms in total. The van der Waals surface area contributed by atoms with E-state index in [1.807, 2.05) is 32.0 Å². The number of esters is 2. The smallest absolute Gasteiger partial charge is 0.338 e. The van der Waals surface area contributed by atoms with Crippen LogP contribution in [0.5, 0.6) is 5.75 Å². The van der Waals surface area contributed by atoms with E-state index in [-0.39, 0.29) is 11.9 Å². The van der Waals surface area contributed by atoms with Gasteiger partial charge in [-0.2, -0.15) is 0 Å². The number of carbonyl (C=O) groups excluding carboxylic acids is 2. The zero-order chi connectivity index (χ0) is 18.7. The van der Waals surface area contributed by atoms with Crippen molar-refractivity contribution in [2.75, 3.05) is 20.8 Å². The van der Waals surface area contributed by atoms with E-state index in [1.165, 1.54) is 7.11 Å². The molecule has 0 radical (unpaired) electrons. The van der Waals surface area contributed by atoms with Crippen molar-refractivity contribution in [3.63, 3.8) is 0 Å². The van der Waals surface area contributed by atoms with E-state index in [9.17, 15) is 9.59 Å². The van der Waals surface area contributed by atoms with Crippen LogP contribution in [0.3, 0.4) is 0 Å². The molecule has 0 fully saturated rings. The summed E-state index contributed by atoms with van der Waals surface area (Å²) in [5, 5.41) is 0. The zero-order valence-electron chi connectivity index (χ0n) is 15.1. The summed E-state index contributed by atoms with van der Waals surface area (Å²) in [4.78, 5) is 22.4. The Morgan fingerprint density at radius 3 is 2.04 bits per heavy atom. The normalized spacial score (nSPS) is 9.44. The summed E-state index contributed by atoms with van der Waals surface area (Å²) in [6.45, 7) is 4.27. The van der Waals surface area contributed by atoms with Gasteiger partial charge in [0.1, 0.15) is 5.75 Å². The highest BCUT2D eigenvalue weighted by atomic mass is 16.5. The van der Waals surface area contributed by atoms with E-state index in [2.05, 4.69) is 4.74 Å². The second-order valence-electron chi connectivity index (χ2n) is 4.95. The number of methoxy groups -OCH3 is 2. The molecule has 134 valence electrons. The number of aryl methyl sites for hydroxylation is 1. The summed E-state index contributed by atoms with van der Waals surface area (Å²) < 4.78 is 14.4. The van der Waals surface area contributed by atoms with Crippen LogP contribution in [0.4, 0.5) is 0 Å². The van der Waals surface area contributed by atoms with Gasteiger partial charge in [0.05, 0.1) is 32.0 Å². The molecule has 0 unspecified atom stereocenters. The fourth-order valence-electron chi connectivity index (χ4n) is 2.08. The second kappa shape index (κ2) is 10.9. The molecule has 0 aliphatic rings. The molecular formula is C20H24O5. The molecule has 0 amide bonds. The predicted molar refractivity (Wildman–Crippen MR) is 96.1 cm³/mol. The molecule has 2 aromatic carbocycles. The van der Waals surface area contributed by atoms with Gasteiger partial charge in [-0.1, -0.05) is 25.1 Å². The Morgan fingerprint density at radius 1 is 0.880 bits per heavy atom. The van der Waals surface area contributed by atoms with Gasteiger partial charge >= 0.3 is 11.9 Å². The first-order valence-electron chi connectivity index (χ1n) is 8.04. The van der Waals surface area contributed by atoms with Crippen molar-refractivity contribution in [2.24, 2.45) is 0 Å². The number of carbonyl (C=O) groups is 2. The number of hydrogen-bond donors (Lipinski definition) is 0. The molecule has 0 aliphatic carbocycles. The Bertz CT molecular complexity index is 677. The number of hydrogen-bond acceptors (Lipinski definition) is 5. The molecule has 0 saturated heterocycles. The van der Waals surface area contributed by atoms with Gasteiger partial charge in [-0.3, -0.25) is 0 Å². The molecule has 0 spiro atoms. The maximum absolute atomic E-state index is 11.4. The lowest BCUT2D eigenvalue weighted by molar-refractivity contribution is 0.0524. The molecule has 2 rings (SSSR count). The topological polar surface area (TPSA) is 61.8 Å². The molecule has 0 saturated carbocycles. The molecule has 0 aliphatic heterocycles. The summed E-state index contributed by atoms with van der Waals surface area (Å²) in [6, 6.07) is 14.3. The second-order valence-corrected chi connectivity index (χ2v) is 4.95. The maximum Gasteiger partial charge on any atom is 0.338 e. The third-order valence-electron chi connectivity index (χ3n) is 3.40. The Labute approximate surface area is 148 Å². The SMILES string of the molecule is CCOC(=O)c1ccccc1CC.COC(=O)c1ccc(OC)cc1. The van der Waals surface area contributed by atoms with Crippen molar-refractivity contribution in [1.29, 1.82) is 0 Å². The summed E-state index contributed by atoms with van der Waals surface area (Å²) in [7, 11) is 2.93. The molecule has 25 heavy (non-hydrogen) atoms. The van der Waals surface area contributed by atoms with Gasteiger partial charge in [-0.05, 0) is 49.2 Å². The molecule has 0 aromatic heterocycles. The highest BCUT2D eigenvalue weighted by Gasteiger charge is 2.09. The molecule has 0 atom stereocenters. The minimum atomic E-state index is -0.336. The predicted octanol–water partition coefficient (Wildman–Crippen LogP) is 3.91. The van der Waals surface area contributed by atoms with Crippen LogP contribution in [0.2, 0.25) is 0 Å². The quantitative estimate of drug-likeness (QED) is 0.770. The lowest BCUT2D eigenvalue weighted by atomic mass is 10.1. The Balaban J connectivity index is 0.000000251.